The van der Waals surface area contributed by atoms with E-state index in [1.54, 1.807) is 72.8 Å². The third kappa shape index (κ3) is 11.3. The van der Waals surface area contributed by atoms with E-state index in [0.717, 1.165) is 31.6 Å². The standard InChI is InChI=1S/C49H51N3O8.H2S/c53-43(41-22-24-44(54)46-42(41)23-25-45(55)51-46)17-7-12-34-18-20-37(21-19-34)47(56)50-27-9-29-59-40-16-8-15-39(30-40)49(58,38-13-5-2-6-14-38)48(57)60-33-36-26-28-52(32-36)31-35-10-3-1-4-11-35;/h1-6,8,10-11,13-16,18-25,30,36,43,53-54,58H,7,9,12,17,26-29,31-33H2,(H,50,56)(H,51,55);1H2/t36-,43+,49+;/m1./s1. The van der Waals surface area contributed by atoms with Gasteiger partial charge in [-0.15, -0.1) is 0 Å². The average Bonchev–Trinajstić information content (AvgIpc) is 3.73. The third-order valence-electron chi connectivity index (χ3n) is 11.1. The summed E-state index contributed by atoms with van der Waals surface area (Å²) in [6.07, 6.45) is 2.51. The second kappa shape index (κ2) is 21.0. The van der Waals surface area contributed by atoms with Crippen molar-refractivity contribution in [1.29, 1.82) is 0 Å². The molecule has 5 N–H and O–H groups in total. The molecular weight excluding hydrogens is 791 g/mol. The summed E-state index contributed by atoms with van der Waals surface area (Å²) >= 11 is 0. The molecule has 7 rings (SSSR count). The molecule has 0 unspecified atom stereocenters. The second-order valence-electron chi connectivity index (χ2n) is 15.4. The number of rotatable bonds is 18. The van der Waals surface area contributed by atoms with E-state index < -0.39 is 17.7 Å². The van der Waals surface area contributed by atoms with E-state index >= 15 is 0 Å². The Morgan fingerprint density at radius 2 is 1.59 bits per heavy atom. The van der Waals surface area contributed by atoms with Crippen molar-refractivity contribution in [2.75, 3.05) is 32.8 Å². The minimum absolute atomic E-state index is 0. The first-order valence-electron chi connectivity index (χ1n) is 20.5. The maximum Gasteiger partial charge on any atom is 0.347 e. The Labute approximate surface area is 362 Å². The predicted molar refractivity (Wildman–Crippen MR) is 240 cm³/mol. The molecule has 6 aromatic rings. The fourth-order valence-electron chi connectivity index (χ4n) is 7.82. The number of amides is 1. The lowest BCUT2D eigenvalue weighted by Gasteiger charge is -2.28. The molecule has 1 aliphatic heterocycles. The SMILES string of the molecule is O=C(NCCCOc1cccc([C@](O)(C(=O)OC[C@@H]2CCN(Cc3ccccc3)C2)c2ccccc2)c1)c1ccc(CCC[C@H](O)c2ccc(O)c3[nH]c(=O)ccc23)cc1.S. The Balaban J connectivity index is 0.00000622. The molecule has 3 atom stereocenters. The molecule has 0 radical (unpaired) electrons. The lowest BCUT2D eigenvalue weighted by Crippen LogP contribution is -2.39. The summed E-state index contributed by atoms with van der Waals surface area (Å²) < 4.78 is 11.9. The molecule has 0 bridgehead atoms. The van der Waals surface area contributed by atoms with Crippen LogP contribution < -0.4 is 15.6 Å². The largest absolute Gasteiger partial charge is 0.506 e. The summed E-state index contributed by atoms with van der Waals surface area (Å²) in [4.78, 5) is 43.4. The number of fused-ring (bicyclic) bond motifs is 1. The van der Waals surface area contributed by atoms with Crippen LogP contribution >= 0.6 is 13.5 Å². The van der Waals surface area contributed by atoms with Crippen molar-refractivity contribution in [3.8, 4) is 11.5 Å². The number of aliphatic hydroxyl groups excluding tert-OH is 1. The number of hydrogen-bond donors (Lipinski definition) is 5. The van der Waals surface area contributed by atoms with Gasteiger partial charge in [-0.1, -0.05) is 91.0 Å². The molecule has 11 nitrogen and oxygen atoms in total. The Morgan fingerprint density at radius 1 is 0.852 bits per heavy atom. The Hall–Kier alpha value is -5.92. The number of nitrogens with zero attached hydrogens (tertiary/aromatic N) is 1. The van der Waals surface area contributed by atoms with Gasteiger partial charge in [0.25, 0.3) is 5.91 Å². The van der Waals surface area contributed by atoms with Gasteiger partial charge in [0, 0.05) is 48.1 Å². The summed E-state index contributed by atoms with van der Waals surface area (Å²) in [5.74, 6) is -0.342. The van der Waals surface area contributed by atoms with Crippen molar-refractivity contribution in [3.05, 3.63) is 177 Å². The van der Waals surface area contributed by atoms with E-state index in [1.165, 1.54) is 17.7 Å². The normalized spacial score (nSPS) is 15.3. The van der Waals surface area contributed by atoms with Crippen molar-refractivity contribution < 1.29 is 34.4 Å². The molecule has 0 saturated carbocycles. The van der Waals surface area contributed by atoms with Crippen LogP contribution in [0.15, 0.2) is 138 Å². The first-order valence-corrected chi connectivity index (χ1v) is 20.5. The maximum absolute atomic E-state index is 13.8. The molecule has 1 saturated heterocycles. The van der Waals surface area contributed by atoms with Crippen molar-refractivity contribution in [3.63, 3.8) is 0 Å². The zero-order valence-corrected chi connectivity index (χ0v) is 35.0. The molecule has 12 heteroatoms. The van der Waals surface area contributed by atoms with Crippen LogP contribution in [0.5, 0.6) is 11.5 Å². The number of aliphatic hydroxyl groups is 2. The molecule has 1 aromatic heterocycles. The van der Waals surface area contributed by atoms with Gasteiger partial charge >= 0.3 is 5.97 Å². The van der Waals surface area contributed by atoms with E-state index in [9.17, 15) is 29.7 Å². The minimum Gasteiger partial charge on any atom is -0.506 e. The van der Waals surface area contributed by atoms with Crippen LogP contribution in [-0.4, -0.2) is 69.9 Å². The van der Waals surface area contributed by atoms with E-state index in [1.807, 2.05) is 36.4 Å². The van der Waals surface area contributed by atoms with Crippen molar-refractivity contribution in [2.24, 2.45) is 5.92 Å². The number of benzene rings is 5. The van der Waals surface area contributed by atoms with Crippen LogP contribution in [0.4, 0.5) is 0 Å². The maximum atomic E-state index is 13.8. The summed E-state index contributed by atoms with van der Waals surface area (Å²) in [6.45, 7) is 3.45. The molecule has 0 spiro atoms. The van der Waals surface area contributed by atoms with Crippen LogP contribution in [0.25, 0.3) is 10.9 Å². The molecule has 1 amide bonds. The van der Waals surface area contributed by atoms with Crippen LogP contribution in [0.2, 0.25) is 0 Å². The fraction of sp³-hybridized carbons (Fsp3) is 0.286. The summed E-state index contributed by atoms with van der Waals surface area (Å²) in [5.41, 5.74) is 2.12. The second-order valence-corrected chi connectivity index (χ2v) is 15.4. The Bertz CT molecular complexity index is 2430. The molecule has 5 aromatic carbocycles. The highest BCUT2D eigenvalue weighted by molar-refractivity contribution is 7.59. The zero-order valence-electron chi connectivity index (χ0n) is 34.0. The fourth-order valence-corrected chi connectivity index (χ4v) is 7.82. The molecule has 61 heavy (non-hydrogen) atoms. The van der Waals surface area contributed by atoms with Gasteiger partial charge in [-0.05, 0) is 97.3 Å². The van der Waals surface area contributed by atoms with E-state index in [-0.39, 0.29) is 43.2 Å². The highest BCUT2D eigenvalue weighted by atomic mass is 32.1. The highest BCUT2D eigenvalue weighted by Gasteiger charge is 2.42. The number of aromatic amines is 1. The number of hydrogen-bond acceptors (Lipinski definition) is 9. The van der Waals surface area contributed by atoms with Crippen molar-refractivity contribution in [1.82, 2.24) is 15.2 Å². The minimum atomic E-state index is -2.04. The first-order chi connectivity index (χ1) is 29.2. The number of carbonyl (C=O) groups is 2. The van der Waals surface area contributed by atoms with Gasteiger partial charge in [0.1, 0.15) is 11.5 Å². The van der Waals surface area contributed by atoms with Gasteiger partial charge in [0.2, 0.25) is 11.2 Å². The molecule has 318 valence electrons. The zero-order chi connectivity index (χ0) is 41.9. The van der Waals surface area contributed by atoms with Gasteiger partial charge in [0.15, 0.2) is 0 Å². The molecule has 0 aliphatic carbocycles. The smallest absolute Gasteiger partial charge is 0.347 e. The lowest BCUT2D eigenvalue weighted by molar-refractivity contribution is -0.163. The number of aromatic hydroxyl groups is 1. The number of aromatic nitrogens is 1. The van der Waals surface area contributed by atoms with Gasteiger partial charge < -0.3 is 35.1 Å². The number of H-pyrrole nitrogens is 1. The molecule has 1 fully saturated rings. The highest BCUT2D eigenvalue weighted by Crippen LogP contribution is 2.34. The van der Waals surface area contributed by atoms with Crippen LogP contribution in [0.1, 0.15) is 70.0 Å². The quantitative estimate of drug-likeness (QED) is 0.0458. The van der Waals surface area contributed by atoms with Crippen molar-refractivity contribution in [2.45, 2.75) is 50.4 Å². The van der Waals surface area contributed by atoms with Crippen LogP contribution in [-0.2, 0) is 28.1 Å². The summed E-state index contributed by atoms with van der Waals surface area (Å²) in [7, 11) is 0. The Kier molecular flexibility index (Phi) is 15.4. The lowest BCUT2D eigenvalue weighted by atomic mass is 9.86. The number of aryl methyl sites for hydroxylation is 1. The number of nitrogens with one attached hydrogen (secondary N) is 2. The number of likely N-dealkylation sites (tertiary alicyclic amines) is 1. The van der Waals surface area contributed by atoms with Crippen LogP contribution in [0.3, 0.4) is 0 Å². The average molecular weight is 844 g/mol. The van der Waals surface area contributed by atoms with Gasteiger partial charge in [-0.2, -0.15) is 13.5 Å². The number of carbonyl (C=O) groups excluding carboxylic acids is 2. The number of pyridine rings is 1. The number of ether oxygens (including phenoxy) is 2. The van der Waals surface area contributed by atoms with Gasteiger partial charge in [-0.3, -0.25) is 14.5 Å². The number of esters is 1. The Morgan fingerprint density at radius 3 is 2.36 bits per heavy atom. The predicted octanol–water partition coefficient (Wildman–Crippen LogP) is 6.90. The summed E-state index contributed by atoms with van der Waals surface area (Å²) in [5, 5.41) is 36.7. The molecular formula is C49H53N3O8S. The summed E-state index contributed by atoms with van der Waals surface area (Å²) in [6, 6.07) is 39.4. The monoisotopic (exact) mass is 843 g/mol. The molecule has 2 heterocycles. The van der Waals surface area contributed by atoms with E-state index in [4.69, 9.17) is 9.47 Å². The van der Waals surface area contributed by atoms with Crippen molar-refractivity contribution >= 4 is 36.3 Å². The van der Waals surface area contributed by atoms with Gasteiger partial charge in [0.05, 0.1) is 24.8 Å². The van der Waals surface area contributed by atoms with Crippen LogP contribution in [0, 0.1) is 5.92 Å². The van der Waals surface area contributed by atoms with Gasteiger partial charge in [-0.25, -0.2) is 4.79 Å². The molecule has 1 aliphatic rings. The number of phenols is 1. The topological polar surface area (TPSA) is 161 Å². The van der Waals surface area contributed by atoms with E-state index in [0.29, 0.717) is 77.7 Å². The first kappa shape index (κ1) is 44.6. The van der Waals surface area contributed by atoms with E-state index in [2.05, 4.69) is 27.3 Å². The number of phenolic OH excluding ortho intramolecular Hbond substituents is 1. The third-order valence-corrected chi connectivity index (χ3v) is 11.1.